The number of anilines is 1. The van der Waals surface area contributed by atoms with Crippen LogP contribution in [0.15, 0.2) is 71.7 Å². The number of allylic oxidation sites excluding steroid dienone is 3. The number of imide groups is 1. The number of carbonyl (C=O) groups is 2. The average Bonchev–Trinajstić information content (AvgIpc) is 2.70. The van der Waals surface area contributed by atoms with E-state index in [1.165, 1.54) is 0 Å². The largest absolute Gasteiger partial charge is 0.508 e. The molecule has 3 N–H and O–H groups in total. The predicted molar refractivity (Wildman–Crippen MR) is 107 cm³/mol. The second-order valence-electron chi connectivity index (χ2n) is 6.56. The van der Waals surface area contributed by atoms with Crippen LogP contribution < -0.4 is 10.7 Å². The molecular weight excluding hydrogens is 356 g/mol. The van der Waals surface area contributed by atoms with E-state index in [9.17, 15) is 14.7 Å². The van der Waals surface area contributed by atoms with Crippen LogP contribution in [-0.2, 0) is 9.59 Å². The van der Waals surface area contributed by atoms with Crippen molar-refractivity contribution in [2.24, 2.45) is 5.84 Å². The first kappa shape index (κ1) is 19.3. The van der Waals surface area contributed by atoms with Crippen LogP contribution in [-0.4, -0.2) is 39.8 Å². The Labute approximate surface area is 163 Å². The van der Waals surface area contributed by atoms with Gasteiger partial charge in [0.05, 0.1) is 5.57 Å². The zero-order valence-electron chi connectivity index (χ0n) is 15.9. The lowest BCUT2D eigenvalue weighted by Gasteiger charge is -2.23. The molecule has 2 aliphatic heterocycles. The minimum absolute atomic E-state index is 0.195. The molecule has 0 atom stereocenters. The third-order valence-corrected chi connectivity index (χ3v) is 4.64. The Morgan fingerprint density at radius 2 is 1.89 bits per heavy atom. The van der Waals surface area contributed by atoms with Crippen molar-refractivity contribution in [1.29, 1.82) is 0 Å². The van der Waals surface area contributed by atoms with Crippen molar-refractivity contribution < 1.29 is 19.3 Å². The molecule has 0 aromatic heterocycles. The van der Waals surface area contributed by atoms with Crippen LogP contribution in [0.1, 0.15) is 19.8 Å². The molecule has 28 heavy (non-hydrogen) atoms. The number of rotatable bonds is 4. The summed E-state index contributed by atoms with van der Waals surface area (Å²) in [5.74, 6) is 4.88. The highest BCUT2D eigenvalue weighted by Gasteiger charge is 2.39. The molecule has 144 valence electrons. The third kappa shape index (κ3) is 3.79. The number of nitrogens with zero attached hydrogens (tertiary/aromatic N) is 3. The quantitative estimate of drug-likeness (QED) is 0.275. The minimum atomic E-state index is -0.538. The number of amides is 2. The van der Waals surface area contributed by atoms with E-state index in [1.54, 1.807) is 54.1 Å². The molecule has 0 radical (unpaired) electrons. The summed E-state index contributed by atoms with van der Waals surface area (Å²) in [6.45, 7) is 1.75. The molecule has 0 saturated heterocycles. The second-order valence-corrected chi connectivity index (χ2v) is 6.56. The van der Waals surface area contributed by atoms with E-state index in [1.807, 2.05) is 30.4 Å². The summed E-state index contributed by atoms with van der Waals surface area (Å²) in [5, 5.41) is 10.0. The highest BCUT2D eigenvalue weighted by Crippen LogP contribution is 2.25. The van der Waals surface area contributed by atoms with Gasteiger partial charge in [0.2, 0.25) is 0 Å². The van der Waals surface area contributed by atoms with Crippen molar-refractivity contribution in [3.63, 3.8) is 0 Å². The van der Waals surface area contributed by atoms with Crippen LogP contribution >= 0.6 is 0 Å². The number of aromatic hydroxyl groups is 1. The smallest absolute Gasteiger partial charge is 0.340 e. The first-order valence-electron chi connectivity index (χ1n) is 8.93. The Bertz CT molecular complexity index is 952. The number of carbonyl (C=O) groups excluding carboxylic acids is 2. The molecule has 2 heterocycles. The topological polar surface area (TPSA) is 89.9 Å². The van der Waals surface area contributed by atoms with E-state index in [-0.39, 0.29) is 5.75 Å². The SMILES string of the molecule is CC1=C([N+]2=CCCC=C2)C(=O)N(N)C(=O)/C1=C\C=C\N(C)c1ccc(O)cc1. The van der Waals surface area contributed by atoms with E-state index < -0.39 is 11.8 Å². The Balaban J connectivity index is 1.92. The number of phenols is 1. The molecule has 0 aliphatic carbocycles. The lowest BCUT2D eigenvalue weighted by molar-refractivity contribution is -0.395. The molecule has 7 nitrogen and oxygen atoms in total. The Kier molecular flexibility index (Phi) is 5.56. The average molecular weight is 379 g/mol. The molecular formula is C21H23N4O3+. The van der Waals surface area contributed by atoms with Gasteiger partial charge in [-0.15, -0.1) is 0 Å². The van der Waals surface area contributed by atoms with Gasteiger partial charge in [0.15, 0.2) is 12.4 Å². The fourth-order valence-corrected chi connectivity index (χ4v) is 3.05. The summed E-state index contributed by atoms with van der Waals surface area (Å²) < 4.78 is 1.73. The first-order chi connectivity index (χ1) is 13.4. The van der Waals surface area contributed by atoms with Gasteiger partial charge in [-0.1, -0.05) is 0 Å². The molecule has 1 aromatic rings. The van der Waals surface area contributed by atoms with Gasteiger partial charge in [-0.05, 0) is 55.8 Å². The molecule has 0 bridgehead atoms. The Morgan fingerprint density at radius 1 is 1.18 bits per heavy atom. The van der Waals surface area contributed by atoms with Crippen molar-refractivity contribution in [3.05, 3.63) is 71.7 Å². The number of nitrogens with two attached hydrogens (primary N) is 1. The maximum atomic E-state index is 12.5. The molecule has 0 unspecified atom stereocenters. The van der Waals surface area contributed by atoms with Crippen molar-refractivity contribution in [2.75, 3.05) is 11.9 Å². The standard InChI is InChI=1S/C21H22N4O3/c1-15-18(7-6-12-23(2)16-8-10-17(26)11-9-16)20(27)25(22)21(28)19(15)24-13-4-3-5-14-24/h4,6-14H,3,5,22H2,1-2H3/p+1/b12-6+,18-7-. The minimum Gasteiger partial charge on any atom is -0.508 e. The van der Waals surface area contributed by atoms with E-state index in [2.05, 4.69) is 0 Å². The summed E-state index contributed by atoms with van der Waals surface area (Å²) in [4.78, 5) is 26.9. The van der Waals surface area contributed by atoms with Crippen molar-refractivity contribution >= 4 is 23.7 Å². The van der Waals surface area contributed by atoms with E-state index >= 15 is 0 Å². The lowest BCUT2D eigenvalue weighted by atomic mass is 9.99. The third-order valence-electron chi connectivity index (χ3n) is 4.64. The molecule has 0 spiro atoms. The number of benzene rings is 1. The summed E-state index contributed by atoms with van der Waals surface area (Å²) in [5.41, 5.74) is 2.19. The van der Waals surface area contributed by atoms with E-state index in [0.717, 1.165) is 18.5 Å². The van der Waals surface area contributed by atoms with Crippen LogP contribution in [0.3, 0.4) is 0 Å². The first-order valence-corrected chi connectivity index (χ1v) is 8.93. The van der Waals surface area contributed by atoms with Gasteiger partial charge in [-0.2, -0.15) is 4.58 Å². The molecule has 0 saturated carbocycles. The fourth-order valence-electron chi connectivity index (χ4n) is 3.05. The Hall–Kier alpha value is -3.45. The second kappa shape index (κ2) is 8.06. The number of hydrogen-bond acceptors (Lipinski definition) is 5. The normalized spacial score (nSPS) is 19.0. The predicted octanol–water partition coefficient (Wildman–Crippen LogP) is 2.18. The van der Waals surface area contributed by atoms with Crippen molar-refractivity contribution in [3.8, 4) is 5.75 Å². The number of hydrazine groups is 1. The van der Waals surface area contributed by atoms with Crippen LogP contribution in [0, 0.1) is 0 Å². The molecule has 0 fully saturated rings. The van der Waals surface area contributed by atoms with Gasteiger partial charge >= 0.3 is 5.91 Å². The summed E-state index contributed by atoms with van der Waals surface area (Å²) >= 11 is 0. The zero-order valence-corrected chi connectivity index (χ0v) is 15.9. The van der Waals surface area contributed by atoms with Crippen molar-refractivity contribution in [2.45, 2.75) is 19.8 Å². The molecule has 1 aromatic carbocycles. The maximum Gasteiger partial charge on any atom is 0.340 e. The van der Waals surface area contributed by atoms with Crippen LogP contribution in [0.5, 0.6) is 5.75 Å². The number of hydrogen-bond donors (Lipinski definition) is 2. The number of phenolic OH excluding ortho intramolecular Hbond substituents is 1. The van der Waals surface area contributed by atoms with Gasteiger partial charge in [0, 0.05) is 30.9 Å². The van der Waals surface area contributed by atoms with Gasteiger partial charge in [0.25, 0.3) is 11.6 Å². The maximum absolute atomic E-state index is 12.5. The van der Waals surface area contributed by atoms with E-state index in [4.69, 9.17) is 5.84 Å². The molecule has 7 heteroatoms. The fraction of sp³-hybridized carbons (Fsp3) is 0.190. The summed E-state index contributed by atoms with van der Waals surface area (Å²) in [7, 11) is 1.85. The van der Waals surface area contributed by atoms with Crippen LogP contribution in [0.4, 0.5) is 5.69 Å². The molecule has 2 amide bonds. The van der Waals surface area contributed by atoms with Gasteiger partial charge in [-0.25, -0.2) is 10.9 Å². The van der Waals surface area contributed by atoms with Crippen molar-refractivity contribution in [1.82, 2.24) is 5.01 Å². The lowest BCUT2D eigenvalue weighted by Crippen LogP contribution is -2.49. The van der Waals surface area contributed by atoms with E-state index in [0.29, 0.717) is 21.9 Å². The Morgan fingerprint density at radius 3 is 2.54 bits per heavy atom. The monoisotopic (exact) mass is 379 g/mol. The van der Waals surface area contributed by atoms with Gasteiger partial charge in [-0.3, -0.25) is 9.59 Å². The highest BCUT2D eigenvalue weighted by molar-refractivity contribution is 6.15. The zero-order chi connectivity index (χ0) is 20.3. The van der Waals surface area contributed by atoms with Crippen LogP contribution in [0.2, 0.25) is 0 Å². The molecule has 2 aliphatic rings. The summed E-state index contributed by atoms with van der Waals surface area (Å²) in [6.07, 6.45) is 12.6. The highest BCUT2D eigenvalue weighted by atomic mass is 16.3. The van der Waals surface area contributed by atoms with Gasteiger partial charge in [0.1, 0.15) is 5.75 Å². The molecule has 3 rings (SSSR count). The van der Waals surface area contributed by atoms with Crippen LogP contribution in [0.25, 0.3) is 0 Å². The van der Waals surface area contributed by atoms with Gasteiger partial charge < -0.3 is 10.0 Å². The summed E-state index contributed by atoms with van der Waals surface area (Å²) in [6, 6.07) is 6.76.